The second kappa shape index (κ2) is 15.9. The van der Waals surface area contributed by atoms with Crippen LogP contribution in [0.2, 0.25) is 0 Å². The Morgan fingerprint density at radius 2 is 1.78 bits per heavy atom. The fourth-order valence-corrected chi connectivity index (χ4v) is 5.19. The number of H-pyrrole nitrogens is 1. The van der Waals surface area contributed by atoms with E-state index < -0.39 is 35.9 Å². The van der Waals surface area contributed by atoms with Crippen LogP contribution in [0.4, 0.5) is 0 Å². The molecule has 4 unspecified atom stereocenters. The molecule has 10 N–H and O–H groups in total. The molecule has 1 aliphatic heterocycles. The molecule has 0 saturated carbocycles. The number of nitrogens with two attached hydrogens (primary N) is 2. The number of hydrogen-bond donors (Lipinski definition) is 8. The molecule has 4 atom stereocenters. The summed E-state index contributed by atoms with van der Waals surface area (Å²) in [7, 11) is 0. The number of carboxylic acids is 1. The average Bonchev–Trinajstić information content (AvgIpc) is 3.63. The van der Waals surface area contributed by atoms with Gasteiger partial charge in [0.05, 0.1) is 6.04 Å². The van der Waals surface area contributed by atoms with Crippen molar-refractivity contribution in [3.05, 3.63) is 36.0 Å². The molecule has 2 aromatic rings. The maximum Gasteiger partial charge on any atom is 0.326 e. The Bertz CT molecular complexity index is 1230. The van der Waals surface area contributed by atoms with Gasteiger partial charge >= 0.3 is 5.97 Å². The number of para-hydroxylation sites is 1. The van der Waals surface area contributed by atoms with Gasteiger partial charge in [0.25, 0.3) is 0 Å². The van der Waals surface area contributed by atoms with Crippen molar-refractivity contribution in [3.63, 3.8) is 0 Å². The molecule has 224 valence electrons. The number of carboxylic acid groups (broad SMARTS) is 1. The Morgan fingerprint density at radius 3 is 2.44 bits per heavy atom. The van der Waals surface area contributed by atoms with Crippen LogP contribution < -0.4 is 32.7 Å². The van der Waals surface area contributed by atoms with Gasteiger partial charge in [-0.1, -0.05) is 18.2 Å². The first-order chi connectivity index (χ1) is 19.7. The van der Waals surface area contributed by atoms with E-state index in [1.165, 1.54) is 11.8 Å². The molecule has 1 aliphatic rings. The molecule has 1 aromatic carbocycles. The summed E-state index contributed by atoms with van der Waals surface area (Å²) < 4.78 is 0. The number of thioether (sulfide) groups is 1. The maximum absolute atomic E-state index is 13.4. The zero-order chi connectivity index (χ0) is 29.8. The lowest BCUT2D eigenvalue weighted by molar-refractivity contribution is -0.142. The number of fused-ring (bicyclic) bond motifs is 1. The predicted molar refractivity (Wildman–Crippen MR) is 159 cm³/mol. The van der Waals surface area contributed by atoms with Crippen LogP contribution >= 0.6 is 11.8 Å². The van der Waals surface area contributed by atoms with Gasteiger partial charge in [0.1, 0.15) is 18.1 Å². The van der Waals surface area contributed by atoms with Crippen LogP contribution in [0.5, 0.6) is 0 Å². The highest BCUT2D eigenvalue weighted by molar-refractivity contribution is 7.98. The van der Waals surface area contributed by atoms with E-state index in [-0.39, 0.29) is 37.3 Å². The summed E-state index contributed by atoms with van der Waals surface area (Å²) in [4.78, 5) is 58.7. The molecule has 1 aromatic heterocycles. The molecule has 14 heteroatoms. The number of aromatic nitrogens is 1. The third-order valence-corrected chi connectivity index (χ3v) is 7.56. The van der Waals surface area contributed by atoms with Crippen LogP contribution in [-0.2, 0) is 25.6 Å². The van der Waals surface area contributed by atoms with E-state index in [0.29, 0.717) is 25.0 Å². The number of hydrogen-bond acceptors (Lipinski definition) is 7. The monoisotopic (exact) mass is 588 g/mol. The number of carbonyl (C=O) groups excluding carboxylic acids is 3. The third-order valence-electron chi connectivity index (χ3n) is 6.91. The zero-order valence-corrected chi connectivity index (χ0v) is 24.0. The van der Waals surface area contributed by atoms with Crippen LogP contribution in [0.3, 0.4) is 0 Å². The minimum Gasteiger partial charge on any atom is -0.480 e. The van der Waals surface area contributed by atoms with Crippen molar-refractivity contribution < 1.29 is 24.3 Å². The van der Waals surface area contributed by atoms with E-state index in [0.717, 1.165) is 29.4 Å². The number of carbonyl (C=O) groups is 4. The Labute approximate surface area is 243 Å². The molecule has 0 spiro atoms. The Hall–Kier alpha value is -3.78. The number of rotatable bonds is 16. The first-order valence-corrected chi connectivity index (χ1v) is 15.1. The minimum absolute atomic E-state index is 0.0422. The predicted octanol–water partition coefficient (Wildman–Crippen LogP) is -0.192. The molecular formula is C27H40N8O5S. The number of aromatic amines is 1. The van der Waals surface area contributed by atoms with Crippen molar-refractivity contribution in [3.8, 4) is 0 Å². The summed E-state index contributed by atoms with van der Waals surface area (Å²) in [5, 5.41) is 22.0. The van der Waals surface area contributed by atoms with E-state index in [1.54, 1.807) is 6.20 Å². The quantitative estimate of drug-likeness (QED) is 0.0739. The smallest absolute Gasteiger partial charge is 0.326 e. The second-order valence-corrected chi connectivity index (χ2v) is 11.0. The van der Waals surface area contributed by atoms with Gasteiger partial charge in [-0.15, -0.1) is 0 Å². The molecule has 0 radical (unpaired) electrons. The largest absolute Gasteiger partial charge is 0.480 e. The molecule has 3 rings (SSSR count). The molecule has 1 saturated heterocycles. The van der Waals surface area contributed by atoms with Gasteiger partial charge in [0.15, 0.2) is 5.96 Å². The molecular weight excluding hydrogens is 548 g/mol. The summed E-state index contributed by atoms with van der Waals surface area (Å²) in [6.07, 6.45) is 6.10. The average molecular weight is 589 g/mol. The van der Waals surface area contributed by atoms with Crippen LogP contribution in [0.15, 0.2) is 35.5 Å². The fourth-order valence-electron chi connectivity index (χ4n) is 4.72. The van der Waals surface area contributed by atoms with Crippen molar-refractivity contribution in [2.45, 2.75) is 62.7 Å². The Kier molecular flexibility index (Phi) is 12.3. The second-order valence-electron chi connectivity index (χ2n) is 9.96. The summed E-state index contributed by atoms with van der Waals surface area (Å²) >= 11 is 1.53. The minimum atomic E-state index is -1.24. The van der Waals surface area contributed by atoms with E-state index >= 15 is 0 Å². The number of aliphatic imine (C=N–C) groups is 1. The molecule has 2 heterocycles. The zero-order valence-electron chi connectivity index (χ0n) is 23.2. The lowest BCUT2D eigenvalue weighted by atomic mass is 10.0. The number of benzene rings is 1. The standard InChI is InChI=1S/C27H40N8O5S/c1-41-13-10-21(34-23(36)19-8-4-11-30-19)25(38)33-20(9-5-12-31-27(28)29)24(37)35-22(26(39)40)14-16-15-32-18-7-3-2-6-17(16)18/h2-3,6-7,15,19-22,30,32H,4-5,8-14H2,1H3,(H,33,38)(H,34,36)(H,35,37)(H,39,40)(H4,28,29,31). The maximum atomic E-state index is 13.4. The number of guanidine groups is 1. The third kappa shape index (κ3) is 9.67. The van der Waals surface area contributed by atoms with E-state index in [4.69, 9.17) is 11.5 Å². The van der Waals surface area contributed by atoms with Gasteiger partial charge < -0.3 is 42.8 Å². The molecule has 3 amide bonds. The van der Waals surface area contributed by atoms with Gasteiger partial charge in [-0.2, -0.15) is 11.8 Å². The first kappa shape index (κ1) is 31.7. The van der Waals surface area contributed by atoms with Crippen LogP contribution in [0, 0.1) is 0 Å². The highest BCUT2D eigenvalue weighted by Gasteiger charge is 2.31. The van der Waals surface area contributed by atoms with Gasteiger partial charge in [0, 0.05) is 30.1 Å². The topological polar surface area (TPSA) is 217 Å². The molecule has 41 heavy (non-hydrogen) atoms. The fraction of sp³-hybridized carbons (Fsp3) is 0.519. The van der Waals surface area contributed by atoms with Crippen molar-refractivity contribution in [2.24, 2.45) is 16.5 Å². The van der Waals surface area contributed by atoms with Crippen molar-refractivity contribution in [1.82, 2.24) is 26.3 Å². The summed E-state index contributed by atoms with van der Waals surface area (Å²) in [6, 6.07) is 3.95. The number of nitrogens with zero attached hydrogens (tertiary/aromatic N) is 1. The van der Waals surface area contributed by atoms with Crippen molar-refractivity contribution in [2.75, 3.05) is 25.1 Å². The number of nitrogens with one attached hydrogen (secondary N) is 5. The number of aliphatic carboxylic acids is 1. The molecule has 0 aliphatic carbocycles. The number of amides is 3. The van der Waals surface area contributed by atoms with E-state index in [2.05, 4.69) is 31.2 Å². The van der Waals surface area contributed by atoms with Crippen LogP contribution in [0.1, 0.15) is 37.7 Å². The van der Waals surface area contributed by atoms with Crippen molar-refractivity contribution >= 4 is 52.3 Å². The van der Waals surface area contributed by atoms with E-state index in [9.17, 15) is 24.3 Å². The van der Waals surface area contributed by atoms with Gasteiger partial charge in [-0.25, -0.2) is 4.79 Å². The lowest BCUT2D eigenvalue weighted by Gasteiger charge is -2.25. The summed E-state index contributed by atoms with van der Waals surface area (Å²) in [6.45, 7) is 0.959. The Morgan fingerprint density at radius 1 is 1.07 bits per heavy atom. The molecule has 0 bridgehead atoms. The Balaban J connectivity index is 1.73. The molecule has 1 fully saturated rings. The summed E-state index contributed by atoms with van der Waals surface area (Å²) in [5.41, 5.74) is 12.4. The normalized spacial score (nSPS) is 16.9. The highest BCUT2D eigenvalue weighted by Crippen LogP contribution is 2.19. The van der Waals surface area contributed by atoms with Crippen molar-refractivity contribution in [1.29, 1.82) is 0 Å². The molecule has 13 nitrogen and oxygen atoms in total. The van der Waals surface area contributed by atoms with Crippen LogP contribution in [-0.4, -0.2) is 89.0 Å². The lowest BCUT2D eigenvalue weighted by Crippen LogP contribution is -2.57. The van der Waals surface area contributed by atoms with Gasteiger partial charge in [-0.05, 0) is 62.3 Å². The first-order valence-electron chi connectivity index (χ1n) is 13.7. The van der Waals surface area contributed by atoms with Gasteiger partial charge in [-0.3, -0.25) is 19.4 Å². The van der Waals surface area contributed by atoms with E-state index in [1.807, 2.05) is 30.5 Å². The highest BCUT2D eigenvalue weighted by atomic mass is 32.2. The van der Waals surface area contributed by atoms with Crippen LogP contribution in [0.25, 0.3) is 10.9 Å². The van der Waals surface area contributed by atoms with Gasteiger partial charge in [0.2, 0.25) is 17.7 Å². The SMILES string of the molecule is CSCCC(NC(=O)C1CCCN1)C(=O)NC(CCCN=C(N)N)C(=O)NC(Cc1c[nH]c2ccccc12)C(=O)O. The summed E-state index contributed by atoms with van der Waals surface area (Å²) in [5.74, 6) is -2.12.